The fourth-order valence-electron chi connectivity index (χ4n) is 5.33. The average molecular weight is 513 g/mol. The number of nitrogens with one attached hydrogen (secondary N) is 1. The third-order valence-electron chi connectivity index (χ3n) is 6.98. The number of hydrogen-bond donors (Lipinski definition) is 1. The minimum atomic E-state index is -0.0521. The van der Waals surface area contributed by atoms with E-state index in [1.165, 1.54) is 18.4 Å². The molecule has 3 saturated heterocycles. The Balaban J connectivity index is 0.00000205. The molecule has 4 aliphatic rings. The van der Waals surface area contributed by atoms with Gasteiger partial charge in [0.15, 0.2) is 17.5 Å². The van der Waals surface area contributed by atoms with Gasteiger partial charge in [-0.3, -0.25) is 4.99 Å². The molecule has 160 valence electrons. The van der Waals surface area contributed by atoms with Crippen molar-refractivity contribution in [3.63, 3.8) is 0 Å². The van der Waals surface area contributed by atoms with Gasteiger partial charge in [0.05, 0.1) is 12.2 Å². The summed E-state index contributed by atoms with van der Waals surface area (Å²) in [4.78, 5) is 7.01. The summed E-state index contributed by atoms with van der Waals surface area (Å²) in [5, 5.41) is 3.63. The molecule has 6 nitrogen and oxygen atoms in total. The topological polar surface area (TPSA) is 55.3 Å². The number of guanidine groups is 1. The van der Waals surface area contributed by atoms with Gasteiger partial charge < -0.3 is 24.4 Å². The number of likely N-dealkylation sites (tertiary alicyclic amines) is 1. The van der Waals surface area contributed by atoms with Crippen molar-refractivity contribution in [3.8, 4) is 11.5 Å². The van der Waals surface area contributed by atoms with Crippen molar-refractivity contribution in [2.75, 3.05) is 39.9 Å². The molecule has 0 amide bonds. The van der Waals surface area contributed by atoms with Crippen LogP contribution in [0.4, 0.5) is 0 Å². The van der Waals surface area contributed by atoms with Crippen LogP contribution in [0.1, 0.15) is 32.3 Å². The molecule has 1 aromatic rings. The number of ether oxygens (including phenoxy) is 3. The summed E-state index contributed by atoms with van der Waals surface area (Å²) in [5.41, 5.74) is 1.19. The molecule has 4 atom stereocenters. The number of nitrogens with zero attached hydrogens (tertiary/aromatic N) is 2. The molecule has 0 aliphatic carbocycles. The van der Waals surface area contributed by atoms with Gasteiger partial charge in [-0.25, -0.2) is 0 Å². The Bertz CT molecular complexity index is 767. The van der Waals surface area contributed by atoms with E-state index in [1.807, 2.05) is 13.1 Å². The Labute approximate surface area is 190 Å². The van der Waals surface area contributed by atoms with Crippen LogP contribution in [0.15, 0.2) is 23.2 Å². The van der Waals surface area contributed by atoms with Crippen LogP contribution in [-0.2, 0) is 10.2 Å². The zero-order chi connectivity index (χ0) is 19.3. The highest BCUT2D eigenvalue weighted by Crippen LogP contribution is 2.47. The van der Waals surface area contributed by atoms with E-state index < -0.39 is 0 Å². The van der Waals surface area contributed by atoms with Gasteiger partial charge in [-0.05, 0) is 30.5 Å². The van der Waals surface area contributed by atoms with Crippen molar-refractivity contribution in [1.29, 1.82) is 0 Å². The maximum atomic E-state index is 6.11. The standard InChI is InChI=1S/C22H31N3O3.HI/c1-22(2,14-4-5-19-20(10-14)27-9-8-26-19)13-24-21(23-3)25-11-15-16(12-25)18-7-6-17(15)28-18;/h4-5,10,15-18H,6-9,11-13H2,1-3H3,(H,23,24);1H. The number of benzene rings is 1. The Hall–Kier alpha value is -1.22. The highest BCUT2D eigenvalue weighted by molar-refractivity contribution is 14.0. The van der Waals surface area contributed by atoms with E-state index in [0.29, 0.717) is 37.3 Å². The first-order valence-corrected chi connectivity index (χ1v) is 10.6. The number of halogens is 1. The van der Waals surface area contributed by atoms with Crippen LogP contribution in [0.25, 0.3) is 0 Å². The summed E-state index contributed by atoms with van der Waals surface area (Å²) in [6.07, 6.45) is 3.44. The maximum absolute atomic E-state index is 6.11. The van der Waals surface area contributed by atoms with Gasteiger partial charge in [0.25, 0.3) is 0 Å². The minimum Gasteiger partial charge on any atom is -0.486 e. The molecule has 4 unspecified atom stereocenters. The van der Waals surface area contributed by atoms with Crippen LogP contribution in [0.3, 0.4) is 0 Å². The fraction of sp³-hybridized carbons (Fsp3) is 0.682. The molecule has 0 saturated carbocycles. The molecule has 29 heavy (non-hydrogen) atoms. The smallest absolute Gasteiger partial charge is 0.193 e. The highest BCUT2D eigenvalue weighted by atomic mass is 127. The molecule has 0 radical (unpaired) electrons. The van der Waals surface area contributed by atoms with E-state index in [-0.39, 0.29) is 29.4 Å². The van der Waals surface area contributed by atoms with Crippen LogP contribution in [-0.4, -0.2) is 63.0 Å². The molecular formula is C22H32IN3O3. The molecule has 1 N–H and O–H groups in total. The van der Waals surface area contributed by atoms with Crippen LogP contribution in [0.2, 0.25) is 0 Å². The van der Waals surface area contributed by atoms with Crippen LogP contribution in [0, 0.1) is 11.8 Å². The maximum Gasteiger partial charge on any atom is 0.193 e. The fourth-order valence-corrected chi connectivity index (χ4v) is 5.33. The van der Waals surface area contributed by atoms with E-state index in [0.717, 1.165) is 37.1 Å². The summed E-state index contributed by atoms with van der Waals surface area (Å²) < 4.78 is 17.5. The predicted octanol–water partition coefficient (Wildman–Crippen LogP) is 3.04. The molecule has 4 aliphatic heterocycles. The third kappa shape index (κ3) is 3.80. The van der Waals surface area contributed by atoms with Crippen LogP contribution >= 0.6 is 24.0 Å². The molecule has 5 rings (SSSR count). The zero-order valence-electron chi connectivity index (χ0n) is 17.5. The first kappa shape index (κ1) is 21.0. The summed E-state index contributed by atoms with van der Waals surface area (Å²) in [7, 11) is 1.89. The number of fused-ring (bicyclic) bond motifs is 6. The van der Waals surface area contributed by atoms with E-state index in [9.17, 15) is 0 Å². The first-order valence-electron chi connectivity index (χ1n) is 10.6. The summed E-state index contributed by atoms with van der Waals surface area (Å²) in [6, 6.07) is 6.29. The predicted molar refractivity (Wildman–Crippen MR) is 124 cm³/mol. The summed E-state index contributed by atoms with van der Waals surface area (Å²) in [5.74, 6) is 4.07. The second kappa shape index (κ2) is 8.13. The number of hydrogen-bond acceptors (Lipinski definition) is 4. The van der Waals surface area contributed by atoms with Crippen LogP contribution in [0.5, 0.6) is 11.5 Å². The van der Waals surface area contributed by atoms with Crippen molar-refractivity contribution in [2.45, 2.75) is 44.3 Å². The van der Waals surface area contributed by atoms with Gasteiger partial charge in [-0.2, -0.15) is 0 Å². The van der Waals surface area contributed by atoms with Gasteiger partial charge in [0, 0.05) is 43.9 Å². The van der Waals surface area contributed by atoms with Gasteiger partial charge in [0.1, 0.15) is 13.2 Å². The quantitative estimate of drug-likeness (QED) is 0.383. The third-order valence-corrected chi connectivity index (χ3v) is 6.98. The highest BCUT2D eigenvalue weighted by Gasteiger charge is 2.53. The molecule has 0 aromatic heterocycles. The molecule has 7 heteroatoms. The van der Waals surface area contributed by atoms with E-state index in [1.54, 1.807) is 0 Å². The summed E-state index contributed by atoms with van der Waals surface area (Å²) in [6.45, 7) is 8.69. The molecule has 4 heterocycles. The van der Waals surface area contributed by atoms with Crippen molar-refractivity contribution in [3.05, 3.63) is 23.8 Å². The number of aliphatic imine (C=N–C) groups is 1. The Morgan fingerprint density at radius 2 is 1.76 bits per heavy atom. The lowest BCUT2D eigenvalue weighted by molar-refractivity contribution is 0.0767. The van der Waals surface area contributed by atoms with Crippen molar-refractivity contribution in [2.24, 2.45) is 16.8 Å². The van der Waals surface area contributed by atoms with E-state index >= 15 is 0 Å². The van der Waals surface area contributed by atoms with Gasteiger partial charge in [0.2, 0.25) is 0 Å². The molecule has 3 fully saturated rings. The SMILES string of the molecule is CN=C(NCC(C)(C)c1ccc2c(c1)OCCO2)N1CC2C3CCC(O3)C2C1.I. The Morgan fingerprint density at radius 3 is 2.41 bits per heavy atom. The molecule has 2 bridgehead atoms. The second-order valence-corrected chi connectivity index (χ2v) is 9.17. The normalized spacial score (nSPS) is 30.2. The summed E-state index contributed by atoms with van der Waals surface area (Å²) >= 11 is 0. The Kier molecular flexibility index (Phi) is 5.90. The van der Waals surface area contributed by atoms with Crippen LogP contribution < -0.4 is 14.8 Å². The monoisotopic (exact) mass is 513 g/mol. The van der Waals surface area contributed by atoms with E-state index in [4.69, 9.17) is 14.2 Å². The van der Waals surface area contributed by atoms with Gasteiger partial charge in [-0.15, -0.1) is 24.0 Å². The Morgan fingerprint density at radius 1 is 1.10 bits per heavy atom. The van der Waals surface area contributed by atoms with Crippen molar-refractivity contribution in [1.82, 2.24) is 10.2 Å². The lowest BCUT2D eigenvalue weighted by atomic mass is 9.82. The van der Waals surface area contributed by atoms with Gasteiger partial charge in [-0.1, -0.05) is 19.9 Å². The number of rotatable bonds is 3. The average Bonchev–Trinajstić information content (AvgIpc) is 3.41. The van der Waals surface area contributed by atoms with Crippen molar-refractivity contribution < 1.29 is 14.2 Å². The van der Waals surface area contributed by atoms with Gasteiger partial charge >= 0.3 is 0 Å². The van der Waals surface area contributed by atoms with Crippen molar-refractivity contribution >= 4 is 29.9 Å². The zero-order valence-corrected chi connectivity index (χ0v) is 19.8. The van der Waals surface area contributed by atoms with E-state index in [2.05, 4.69) is 41.2 Å². The molecule has 0 spiro atoms. The first-order chi connectivity index (χ1) is 13.5. The lowest BCUT2D eigenvalue weighted by Crippen LogP contribution is -2.45. The lowest BCUT2D eigenvalue weighted by Gasteiger charge is -2.30. The second-order valence-electron chi connectivity index (χ2n) is 9.17. The largest absolute Gasteiger partial charge is 0.486 e. The molecule has 1 aromatic carbocycles. The molecular weight excluding hydrogens is 481 g/mol. The minimum absolute atomic E-state index is 0.